The molecule has 102 valence electrons. The lowest BCUT2D eigenvalue weighted by Crippen LogP contribution is -2.39. The Morgan fingerprint density at radius 1 is 1.33 bits per heavy atom. The van der Waals surface area contributed by atoms with Crippen molar-refractivity contribution in [3.63, 3.8) is 0 Å². The number of thiophene rings is 1. The van der Waals surface area contributed by atoms with Crippen molar-refractivity contribution in [3.05, 3.63) is 21.9 Å². The molecule has 2 nitrogen and oxygen atoms in total. The third kappa shape index (κ3) is 4.08. The average molecular weight is 266 g/mol. The number of hydrogen-bond acceptors (Lipinski definition) is 3. The van der Waals surface area contributed by atoms with Crippen LogP contribution in [0.2, 0.25) is 0 Å². The summed E-state index contributed by atoms with van der Waals surface area (Å²) in [4.78, 5) is 5.69. The van der Waals surface area contributed by atoms with Crippen molar-refractivity contribution in [2.75, 3.05) is 26.2 Å². The van der Waals surface area contributed by atoms with Crippen LogP contribution in [0.3, 0.4) is 0 Å². The maximum atomic E-state index is 3.49. The summed E-state index contributed by atoms with van der Waals surface area (Å²) in [5.74, 6) is 0.851. The summed E-state index contributed by atoms with van der Waals surface area (Å²) >= 11 is 1.99. The van der Waals surface area contributed by atoms with Crippen molar-refractivity contribution in [2.45, 2.75) is 39.7 Å². The number of nitrogens with one attached hydrogen (secondary N) is 1. The minimum atomic E-state index is 0.851. The number of likely N-dealkylation sites (tertiary alicyclic amines) is 1. The standard InChI is InChI=1S/C15H26N2S/c1-3-14-7-8-15(18-14)12-17-9-5-6-13(11-17)10-16-4-2/h7-8,13,16H,3-6,9-12H2,1-2H3. The van der Waals surface area contributed by atoms with Gasteiger partial charge in [-0.25, -0.2) is 0 Å². The van der Waals surface area contributed by atoms with Gasteiger partial charge in [0.25, 0.3) is 0 Å². The van der Waals surface area contributed by atoms with E-state index in [9.17, 15) is 0 Å². The maximum absolute atomic E-state index is 3.49. The van der Waals surface area contributed by atoms with Crippen LogP contribution in [-0.2, 0) is 13.0 Å². The van der Waals surface area contributed by atoms with Gasteiger partial charge < -0.3 is 5.32 Å². The fourth-order valence-electron chi connectivity index (χ4n) is 2.73. The van der Waals surface area contributed by atoms with Crippen molar-refractivity contribution in [3.8, 4) is 0 Å². The summed E-state index contributed by atoms with van der Waals surface area (Å²) < 4.78 is 0. The van der Waals surface area contributed by atoms with E-state index in [0.29, 0.717) is 0 Å². The average Bonchev–Trinajstić information content (AvgIpc) is 2.84. The monoisotopic (exact) mass is 266 g/mol. The minimum absolute atomic E-state index is 0.851. The molecule has 1 fully saturated rings. The molecular weight excluding hydrogens is 240 g/mol. The van der Waals surface area contributed by atoms with Gasteiger partial charge in [0.1, 0.15) is 0 Å². The molecule has 0 spiro atoms. The molecule has 0 radical (unpaired) electrons. The molecule has 1 saturated heterocycles. The van der Waals surface area contributed by atoms with Gasteiger partial charge in [-0.15, -0.1) is 11.3 Å². The van der Waals surface area contributed by atoms with E-state index in [4.69, 9.17) is 0 Å². The Balaban J connectivity index is 1.81. The van der Waals surface area contributed by atoms with Gasteiger partial charge in [-0.2, -0.15) is 0 Å². The van der Waals surface area contributed by atoms with Crippen molar-refractivity contribution in [1.29, 1.82) is 0 Å². The molecule has 3 heteroatoms. The first-order valence-electron chi connectivity index (χ1n) is 7.32. The third-order valence-electron chi connectivity index (χ3n) is 3.73. The van der Waals surface area contributed by atoms with Gasteiger partial charge in [0.15, 0.2) is 0 Å². The van der Waals surface area contributed by atoms with Crippen LogP contribution >= 0.6 is 11.3 Å². The Hall–Kier alpha value is -0.380. The van der Waals surface area contributed by atoms with E-state index in [0.717, 1.165) is 19.0 Å². The molecule has 18 heavy (non-hydrogen) atoms. The Bertz CT molecular complexity index is 348. The third-order valence-corrected chi connectivity index (χ3v) is 4.95. The van der Waals surface area contributed by atoms with E-state index in [1.807, 2.05) is 11.3 Å². The number of piperidine rings is 1. The predicted molar refractivity (Wildman–Crippen MR) is 80.2 cm³/mol. The quantitative estimate of drug-likeness (QED) is 0.851. The number of rotatable bonds is 6. The largest absolute Gasteiger partial charge is 0.317 e. The molecule has 0 aliphatic carbocycles. The summed E-state index contributed by atoms with van der Waals surface area (Å²) in [5, 5.41) is 3.49. The summed E-state index contributed by atoms with van der Waals surface area (Å²) in [5.41, 5.74) is 0. The zero-order chi connectivity index (χ0) is 12.8. The second-order valence-electron chi connectivity index (χ2n) is 5.27. The van der Waals surface area contributed by atoms with Gasteiger partial charge in [0.05, 0.1) is 0 Å². The zero-order valence-electron chi connectivity index (χ0n) is 11.7. The number of aryl methyl sites for hydroxylation is 1. The highest BCUT2D eigenvalue weighted by atomic mass is 32.1. The fourth-order valence-corrected chi connectivity index (χ4v) is 3.73. The molecule has 1 atom stereocenters. The highest BCUT2D eigenvalue weighted by molar-refractivity contribution is 7.11. The minimum Gasteiger partial charge on any atom is -0.317 e. The first-order valence-corrected chi connectivity index (χ1v) is 8.14. The molecule has 1 aromatic heterocycles. The molecule has 2 rings (SSSR count). The van der Waals surface area contributed by atoms with E-state index >= 15 is 0 Å². The van der Waals surface area contributed by atoms with Crippen LogP contribution < -0.4 is 5.32 Å². The SMILES string of the molecule is CCNCC1CCCN(Cc2ccc(CC)s2)C1. The smallest absolute Gasteiger partial charge is 0.0328 e. The van der Waals surface area contributed by atoms with E-state index < -0.39 is 0 Å². The molecule has 0 amide bonds. The van der Waals surface area contributed by atoms with Crippen molar-refractivity contribution in [1.82, 2.24) is 10.2 Å². The molecule has 0 aromatic carbocycles. The first kappa shape index (κ1) is 14.0. The van der Waals surface area contributed by atoms with Crippen molar-refractivity contribution in [2.24, 2.45) is 5.92 Å². The van der Waals surface area contributed by atoms with Crippen LogP contribution in [0, 0.1) is 5.92 Å². The van der Waals surface area contributed by atoms with Crippen LogP contribution in [0.5, 0.6) is 0 Å². The van der Waals surface area contributed by atoms with Crippen molar-refractivity contribution >= 4 is 11.3 Å². The Labute approximate surface area is 115 Å². The summed E-state index contributed by atoms with van der Waals surface area (Å²) in [6.07, 6.45) is 3.93. The molecule has 0 bridgehead atoms. The summed E-state index contributed by atoms with van der Waals surface area (Å²) in [6.45, 7) is 10.4. The second-order valence-corrected chi connectivity index (χ2v) is 6.53. The highest BCUT2D eigenvalue weighted by Gasteiger charge is 2.19. The highest BCUT2D eigenvalue weighted by Crippen LogP contribution is 2.22. The first-order chi connectivity index (χ1) is 8.81. The van der Waals surface area contributed by atoms with E-state index in [-0.39, 0.29) is 0 Å². The predicted octanol–water partition coefficient (Wildman–Crippen LogP) is 3.13. The molecule has 0 saturated carbocycles. The summed E-state index contributed by atoms with van der Waals surface area (Å²) in [7, 11) is 0. The van der Waals surface area contributed by atoms with Crippen LogP contribution in [0.25, 0.3) is 0 Å². The Morgan fingerprint density at radius 3 is 2.89 bits per heavy atom. The lowest BCUT2D eigenvalue weighted by atomic mass is 9.98. The summed E-state index contributed by atoms with van der Waals surface area (Å²) in [6, 6.07) is 4.61. The van der Waals surface area contributed by atoms with Crippen LogP contribution in [0.15, 0.2) is 12.1 Å². The molecule has 1 N–H and O–H groups in total. The second kappa shape index (κ2) is 7.27. The normalized spacial score (nSPS) is 21.3. The number of nitrogens with zero attached hydrogens (tertiary/aromatic N) is 1. The molecule has 1 aliphatic rings. The maximum Gasteiger partial charge on any atom is 0.0328 e. The molecular formula is C15H26N2S. The number of hydrogen-bond donors (Lipinski definition) is 1. The van der Waals surface area contributed by atoms with Crippen LogP contribution in [0.1, 0.15) is 36.4 Å². The van der Waals surface area contributed by atoms with E-state index in [1.165, 1.54) is 48.7 Å². The van der Waals surface area contributed by atoms with Crippen LogP contribution in [-0.4, -0.2) is 31.1 Å². The molecule has 2 heterocycles. The van der Waals surface area contributed by atoms with Gasteiger partial charge in [0.2, 0.25) is 0 Å². The molecule has 1 aliphatic heterocycles. The van der Waals surface area contributed by atoms with Gasteiger partial charge in [-0.05, 0) is 56.9 Å². The Kier molecular flexibility index (Phi) is 5.67. The van der Waals surface area contributed by atoms with Gasteiger partial charge >= 0.3 is 0 Å². The van der Waals surface area contributed by atoms with E-state index in [2.05, 4.69) is 36.2 Å². The topological polar surface area (TPSA) is 15.3 Å². The zero-order valence-corrected chi connectivity index (χ0v) is 12.6. The van der Waals surface area contributed by atoms with Gasteiger partial charge in [0, 0.05) is 22.8 Å². The van der Waals surface area contributed by atoms with Crippen molar-refractivity contribution < 1.29 is 0 Å². The van der Waals surface area contributed by atoms with Gasteiger partial charge in [-0.3, -0.25) is 4.90 Å². The van der Waals surface area contributed by atoms with Gasteiger partial charge in [-0.1, -0.05) is 13.8 Å². The van der Waals surface area contributed by atoms with E-state index in [1.54, 1.807) is 0 Å². The molecule has 1 aromatic rings. The Morgan fingerprint density at radius 2 is 2.17 bits per heavy atom. The fraction of sp³-hybridized carbons (Fsp3) is 0.733. The van der Waals surface area contributed by atoms with Crippen LogP contribution in [0.4, 0.5) is 0 Å². The lowest BCUT2D eigenvalue weighted by molar-refractivity contribution is 0.167. The molecule has 1 unspecified atom stereocenters. The lowest BCUT2D eigenvalue weighted by Gasteiger charge is -2.32.